The summed E-state index contributed by atoms with van der Waals surface area (Å²) in [5.74, 6) is -0.211. The topological polar surface area (TPSA) is 84.5 Å². The molecule has 22 heavy (non-hydrogen) atoms. The van der Waals surface area contributed by atoms with Gasteiger partial charge in [-0.15, -0.1) is 0 Å². The molecule has 0 aromatic heterocycles. The van der Waals surface area contributed by atoms with Gasteiger partial charge in [0.05, 0.1) is 12.5 Å². The molecule has 2 N–H and O–H groups in total. The zero-order valence-electron chi connectivity index (χ0n) is 14.2. The van der Waals surface area contributed by atoms with Crippen LogP contribution in [0.1, 0.15) is 53.4 Å². The fourth-order valence-electron chi connectivity index (χ4n) is 1.73. The number of carbonyl (C=O) groups is 3. The van der Waals surface area contributed by atoms with Crippen LogP contribution < -0.4 is 10.6 Å². The van der Waals surface area contributed by atoms with Crippen molar-refractivity contribution in [3.8, 4) is 0 Å². The van der Waals surface area contributed by atoms with E-state index < -0.39 is 0 Å². The van der Waals surface area contributed by atoms with Crippen molar-refractivity contribution in [2.75, 3.05) is 19.7 Å². The van der Waals surface area contributed by atoms with Gasteiger partial charge < -0.3 is 15.4 Å². The molecule has 128 valence electrons. The molecule has 0 bridgehead atoms. The molecule has 0 spiro atoms. The Morgan fingerprint density at radius 3 is 1.86 bits per heavy atom. The van der Waals surface area contributed by atoms with E-state index >= 15 is 0 Å². The Morgan fingerprint density at radius 2 is 1.41 bits per heavy atom. The van der Waals surface area contributed by atoms with Gasteiger partial charge in [-0.2, -0.15) is 0 Å². The highest BCUT2D eigenvalue weighted by atomic mass is 16.5. The third-order valence-electron chi connectivity index (χ3n) is 3.21. The van der Waals surface area contributed by atoms with E-state index in [1.807, 2.05) is 0 Å². The van der Waals surface area contributed by atoms with Crippen LogP contribution in [-0.2, 0) is 19.1 Å². The second-order valence-electron chi connectivity index (χ2n) is 5.82. The molecule has 1 unspecified atom stereocenters. The number of hydrogen-bond acceptors (Lipinski definition) is 4. The minimum Gasteiger partial charge on any atom is -0.466 e. The molecule has 1 atom stereocenters. The van der Waals surface area contributed by atoms with Crippen molar-refractivity contribution in [1.29, 1.82) is 0 Å². The van der Waals surface area contributed by atoms with Crippen LogP contribution in [0, 0.1) is 11.8 Å². The minimum atomic E-state index is -0.249. The second kappa shape index (κ2) is 12.0. The molecule has 0 radical (unpaired) electrons. The van der Waals surface area contributed by atoms with Crippen molar-refractivity contribution in [1.82, 2.24) is 10.6 Å². The Morgan fingerprint density at radius 1 is 0.909 bits per heavy atom. The summed E-state index contributed by atoms with van der Waals surface area (Å²) in [4.78, 5) is 34.5. The SMILES string of the molecule is CCOC(=O)C(C)CCNC(=O)CCC(=O)NCCC(C)C. The van der Waals surface area contributed by atoms with E-state index in [1.54, 1.807) is 13.8 Å². The maximum atomic E-state index is 11.6. The van der Waals surface area contributed by atoms with E-state index in [4.69, 9.17) is 4.74 Å². The van der Waals surface area contributed by atoms with Crippen LogP contribution in [0.5, 0.6) is 0 Å². The summed E-state index contributed by atoms with van der Waals surface area (Å²) in [6.07, 6.45) is 1.83. The van der Waals surface area contributed by atoms with E-state index in [1.165, 1.54) is 0 Å². The van der Waals surface area contributed by atoms with Gasteiger partial charge >= 0.3 is 5.97 Å². The Labute approximate surface area is 133 Å². The lowest BCUT2D eigenvalue weighted by atomic mass is 10.1. The van der Waals surface area contributed by atoms with Gasteiger partial charge in [0.15, 0.2) is 0 Å². The zero-order chi connectivity index (χ0) is 17.0. The lowest BCUT2D eigenvalue weighted by molar-refractivity contribution is -0.147. The molecule has 0 fully saturated rings. The maximum absolute atomic E-state index is 11.6. The van der Waals surface area contributed by atoms with Crippen molar-refractivity contribution in [3.63, 3.8) is 0 Å². The molecule has 0 aromatic rings. The van der Waals surface area contributed by atoms with Crippen LogP contribution in [0.3, 0.4) is 0 Å². The summed E-state index contributed by atoms with van der Waals surface area (Å²) in [6.45, 7) is 9.14. The van der Waals surface area contributed by atoms with Crippen molar-refractivity contribution in [3.05, 3.63) is 0 Å². The average Bonchev–Trinajstić information content (AvgIpc) is 2.44. The van der Waals surface area contributed by atoms with Crippen LogP contribution in [0.2, 0.25) is 0 Å². The quantitative estimate of drug-likeness (QED) is 0.568. The monoisotopic (exact) mass is 314 g/mol. The van der Waals surface area contributed by atoms with Gasteiger partial charge in [0.1, 0.15) is 0 Å². The number of ether oxygens (including phenoxy) is 1. The zero-order valence-corrected chi connectivity index (χ0v) is 14.2. The predicted molar refractivity (Wildman–Crippen MR) is 85.1 cm³/mol. The first kappa shape index (κ1) is 20.4. The fraction of sp³-hybridized carbons (Fsp3) is 0.812. The smallest absolute Gasteiger partial charge is 0.308 e. The first-order chi connectivity index (χ1) is 10.4. The maximum Gasteiger partial charge on any atom is 0.308 e. The van der Waals surface area contributed by atoms with E-state index in [0.717, 1.165) is 6.42 Å². The number of nitrogens with one attached hydrogen (secondary N) is 2. The molecule has 0 aliphatic carbocycles. The van der Waals surface area contributed by atoms with Gasteiger partial charge in [-0.1, -0.05) is 20.8 Å². The molecule has 0 rings (SSSR count). The number of carbonyl (C=O) groups excluding carboxylic acids is 3. The molecule has 0 aromatic carbocycles. The van der Waals surface area contributed by atoms with Crippen LogP contribution in [0.15, 0.2) is 0 Å². The molecule has 6 heteroatoms. The molecule has 0 aliphatic heterocycles. The van der Waals surface area contributed by atoms with Crippen molar-refractivity contribution < 1.29 is 19.1 Å². The summed E-state index contributed by atoms with van der Waals surface area (Å²) >= 11 is 0. The van der Waals surface area contributed by atoms with Gasteiger partial charge in [0, 0.05) is 25.9 Å². The van der Waals surface area contributed by atoms with Crippen LogP contribution in [0.4, 0.5) is 0 Å². The molecule has 0 heterocycles. The summed E-state index contributed by atoms with van der Waals surface area (Å²) in [6, 6.07) is 0. The van der Waals surface area contributed by atoms with Gasteiger partial charge in [0.2, 0.25) is 11.8 Å². The van der Waals surface area contributed by atoms with Crippen LogP contribution in [0.25, 0.3) is 0 Å². The number of rotatable bonds is 11. The highest BCUT2D eigenvalue weighted by molar-refractivity contribution is 5.83. The molecule has 0 aliphatic rings. The Kier molecular flexibility index (Phi) is 11.1. The second-order valence-corrected chi connectivity index (χ2v) is 5.82. The third kappa shape index (κ3) is 11.1. The van der Waals surface area contributed by atoms with Gasteiger partial charge in [-0.05, 0) is 25.7 Å². The van der Waals surface area contributed by atoms with Crippen molar-refractivity contribution in [2.24, 2.45) is 11.8 Å². The van der Waals surface area contributed by atoms with E-state index in [9.17, 15) is 14.4 Å². The summed E-state index contributed by atoms with van der Waals surface area (Å²) < 4.78 is 4.89. The lowest BCUT2D eigenvalue weighted by Gasteiger charge is -2.11. The van der Waals surface area contributed by atoms with Crippen LogP contribution >= 0.6 is 0 Å². The van der Waals surface area contributed by atoms with Gasteiger partial charge in [0.25, 0.3) is 0 Å². The van der Waals surface area contributed by atoms with Crippen LogP contribution in [-0.4, -0.2) is 37.5 Å². The summed E-state index contributed by atoms with van der Waals surface area (Å²) in [5, 5.41) is 5.51. The summed E-state index contributed by atoms with van der Waals surface area (Å²) in [7, 11) is 0. The third-order valence-corrected chi connectivity index (χ3v) is 3.21. The average molecular weight is 314 g/mol. The Bertz CT molecular complexity index is 356. The minimum absolute atomic E-state index is 0.101. The lowest BCUT2D eigenvalue weighted by Crippen LogP contribution is -2.30. The van der Waals surface area contributed by atoms with Crippen molar-refractivity contribution in [2.45, 2.75) is 53.4 Å². The van der Waals surface area contributed by atoms with E-state index in [2.05, 4.69) is 24.5 Å². The normalized spacial score (nSPS) is 11.9. The van der Waals surface area contributed by atoms with Gasteiger partial charge in [-0.3, -0.25) is 14.4 Å². The highest BCUT2D eigenvalue weighted by Crippen LogP contribution is 2.03. The first-order valence-electron chi connectivity index (χ1n) is 8.06. The summed E-state index contributed by atoms with van der Waals surface area (Å²) in [5.41, 5.74) is 0. The Hall–Kier alpha value is -1.59. The van der Waals surface area contributed by atoms with E-state index in [0.29, 0.717) is 32.0 Å². The van der Waals surface area contributed by atoms with Gasteiger partial charge in [-0.25, -0.2) is 0 Å². The number of esters is 1. The largest absolute Gasteiger partial charge is 0.466 e. The molecule has 0 saturated heterocycles. The highest BCUT2D eigenvalue weighted by Gasteiger charge is 2.14. The Balaban J connectivity index is 3.69. The van der Waals surface area contributed by atoms with Crippen molar-refractivity contribution >= 4 is 17.8 Å². The fourth-order valence-corrected chi connectivity index (χ4v) is 1.73. The molecule has 6 nitrogen and oxygen atoms in total. The predicted octanol–water partition coefficient (Wildman–Crippen LogP) is 1.63. The standard InChI is InChI=1S/C16H30N2O4/c1-5-22-16(21)13(4)9-11-18-15(20)7-6-14(19)17-10-8-12(2)3/h12-13H,5-11H2,1-4H3,(H,17,19)(H,18,20). The molecule has 2 amide bonds. The van der Waals surface area contributed by atoms with E-state index in [-0.39, 0.29) is 36.5 Å². The number of hydrogen-bond donors (Lipinski definition) is 2. The molecular formula is C16H30N2O4. The molecule has 0 saturated carbocycles. The molecular weight excluding hydrogens is 284 g/mol. The first-order valence-corrected chi connectivity index (χ1v) is 8.06. The number of amides is 2.